The number of aliphatic hydroxyl groups is 1. The predicted molar refractivity (Wildman–Crippen MR) is 144 cm³/mol. The van der Waals surface area contributed by atoms with Crippen molar-refractivity contribution >= 4 is 45.9 Å². The minimum atomic E-state index is -0.969. The Bertz CT molecular complexity index is 1630. The molecule has 1 atom stereocenters. The van der Waals surface area contributed by atoms with Crippen molar-refractivity contribution < 1.29 is 28.6 Å². The molecule has 2 heterocycles. The van der Waals surface area contributed by atoms with Crippen LogP contribution in [0.1, 0.15) is 51.9 Å². The number of furan rings is 1. The van der Waals surface area contributed by atoms with Crippen LogP contribution in [0.2, 0.25) is 5.02 Å². The monoisotopic (exact) mass is 529 g/mol. The van der Waals surface area contributed by atoms with Crippen molar-refractivity contribution in [1.82, 2.24) is 0 Å². The molecule has 1 N–H and O–H groups in total. The Hall–Kier alpha value is -4.36. The van der Waals surface area contributed by atoms with Gasteiger partial charge >= 0.3 is 5.97 Å². The molecule has 0 bridgehead atoms. The highest BCUT2D eigenvalue weighted by Crippen LogP contribution is 2.42. The number of esters is 1. The number of hydrogen-bond acceptors (Lipinski definition) is 6. The third-order valence-electron chi connectivity index (χ3n) is 6.22. The summed E-state index contributed by atoms with van der Waals surface area (Å²) in [5, 5.41) is 12.1. The van der Waals surface area contributed by atoms with E-state index in [4.69, 9.17) is 20.8 Å². The van der Waals surface area contributed by atoms with Gasteiger partial charge in [-0.2, -0.15) is 0 Å². The number of aliphatic hydroxyl groups excluding tert-OH is 1. The van der Waals surface area contributed by atoms with Crippen molar-refractivity contribution in [2.75, 3.05) is 4.90 Å². The molecule has 1 aliphatic heterocycles. The zero-order valence-corrected chi connectivity index (χ0v) is 21.7. The fraction of sp³-hybridized carbons (Fsp3) is 0.167. The molecule has 1 aliphatic rings. The SMILES string of the molecule is Cc1cccc(C2C(C(=O)c3cc4cc(Cl)ccc4o3)=C(O)C(=O)N2c2cccc(C(=O)OC(C)C)c2)c1. The molecule has 0 fully saturated rings. The average molecular weight is 530 g/mol. The maximum atomic E-state index is 13.8. The third kappa shape index (κ3) is 4.57. The lowest BCUT2D eigenvalue weighted by molar-refractivity contribution is -0.117. The second-order valence-electron chi connectivity index (χ2n) is 9.38. The van der Waals surface area contributed by atoms with Crippen molar-refractivity contribution in [3.05, 3.63) is 112 Å². The molecule has 1 aromatic heterocycles. The van der Waals surface area contributed by atoms with Crippen LogP contribution in [0.25, 0.3) is 11.0 Å². The van der Waals surface area contributed by atoms with E-state index >= 15 is 0 Å². The maximum Gasteiger partial charge on any atom is 0.338 e. The first kappa shape index (κ1) is 25.3. The van der Waals surface area contributed by atoms with E-state index in [9.17, 15) is 19.5 Å². The summed E-state index contributed by atoms with van der Waals surface area (Å²) in [5.74, 6) is -2.67. The Labute approximate surface area is 223 Å². The molecule has 192 valence electrons. The number of ketones is 1. The van der Waals surface area contributed by atoms with Crippen LogP contribution in [0.15, 0.2) is 88.5 Å². The van der Waals surface area contributed by atoms with Crippen LogP contribution in [0.4, 0.5) is 5.69 Å². The Morgan fingerprint density at radius 2 is 1.79 bits per heavy atom. The normalized spacial score (nSPS) is 15.6. The molecule has 3 aromatic carbocycles. The van der Waals surface area contributed by atoms with E-state index in [1.807, 2.05) is 25.1 Å². The van der Waals surface area contributed by atoms with Crippen molar-refractivity contribution in [1.29, 1.82) is 0 Å². The van der Waals surface area contributed by atoms with E-state index in [2.05, 4.69) is 0 Å². The first-order chi connectivity index (χ1) is 18.1. The molecule has 0 spiro atoms. The average Bonchev–Trinajstić information content (AvgIpc) is 3.41. The lowest BCUT2D eigenvalue weighted by Crippen LogP contribution is -2.31. The van der Waals surface area contributed by atoms with Gasteiger partial charge in [0.25, 0.3) is 5.91 Å². The number of Topliss-reactive ketones (excluding diaryl/α,β-unsaturated/α-hetero) is 1. The van der Waals surface area contributed by atoms with Gasteiger partial charge in [0.15, 0.2) is 11.5 Å². The van der Waals surface area contributed by atoms with E-state index in [1.165, 1.54) is 17.0 Å². The minimum Gasteiger partial charge on any atom is -0.503 e. The standard InChI is InChI=1S/C30H24ClNO6/c1-16(2)37-30(36)19-8-5-9-22(14-19)32-26(18-7-4-6-17(3)12-18)25(28(34)29(32)35)27(33)24-15-20-13-21(31)10-11-23(20)38-24/h4-16,26,34H,1-3H3. The number of amides is 1. The number of hydrogen-bond donors (Lipinski definition) is 1. The van der Waals surface area contributed by atoms with Gasteiger partial charge in [-0.1, -0.05) is 47.5 Å². The highest BCUT2D eigenvalue weighted by atomic mass is 35.5. The lowest BCUT2D eigenvalue weighted by Gasteiger charge is -2.27. The molecule has 0 radical (unpaired) electrons. The first-order valence-corrected chi connectivity index (χ1v) is 12.4. The van der Waals surface area contributed by atoms with Gasteiger partial charge in [0.2, 0.25) is 5.78 Å². The zero-order chi connectivity index (χ0) is 27.1. The third-order valence-corrected chi connectivity index (χ3v) is 6.45. The molecule has 0 saturated heterocycles. The number of benzene rings is 3. The van der Waals surface area contributed by atoms with Crippen LogP contribution < -0.4 is 4.90 Å². The summed E-state index contributed by atoms with van der Waals surface area (Å²) >= 11 is 6.08. The highest BCUT2D eigenvalue weighted by Gasteiger charge is 2.45. The summed E-state index contributed by atoms with van der Waals surface area (Å²) in [6, 6.07) is 19.2. The predicted octanol–water partition coefficient (Wildman–Crippen LogP) is 6.74. The number of anilines is 1. The topological polar surface area (TPSA) is 97.0 Å². The van der Waals surface area contributed by atoms with E-state index in [0.717, 1.165) is 5.56 Å². The zero-order valence-electron chi connectivity index (χ0n) is 20.9. The van der Waals surface area contributed by atoms with Gasteiger partial charge in [-0.3, -0.25) is 14.5 Å². The van der Waals surface area contributed by atoms with E-state index < -0.39 is 29.5 Å². The largest absolute Gasteiger partial charge is 0.503 e. The molecule has 0 aliphatic carbocycles. The number of carbonyl (C=O) groups excluding carboxylic acids is 3. The number of ether oxygens (including phenoxy) is 1. The summed E-state index contributed by atoms with van der Waals surface area (Å²) in [5.41, 5.74) is 2.40. The quantitative estimate of drug-likeness (QED) is 0.219. The van der Waals surface area contributed by atoms with Crippen molar-refractivity contribution in [3.8, 4) is 0 Å². The number of halogens is 1. The number of fused-ring (bicyclic) bond motifs is 1. The van der Waals surface area contributed by atoms with Crippen LogP contribution in [0.3, 0.4) is 0 Å². The van der Waals surface area contributed by atoms with Crippen molar-refractivity contribution in [3.63, 3.8) is 0 Å². The second kappa shape index (κ2) is 9.84. The van der Waals surface area contributed by atoms with Gasteiger partial charge in [0.05, 0.1) is 23.3 Å². The fourth-order valence-electron chi connectivity index (χ4n) is 4.58. The molecule has 8 heteroatoms. The summed E-state index contributed by atoms with van der Waals surface area (Å²) in [4.78, 5) is 41.2. The number of aryl methyl sites for hydroxylation is 1. The molecular formula is C30H24ClNO6. The van der Waals surface area contributed by atoms with Crippen LogP contribution in [-0.4, -0.2) is 28.9 Å². The molecule has 38 heavy (non-hydrogen) atoms. The Kier molecular flexibility index (Phi) is 6.55. The molecule has 5 rings (SSSR count). The number of carbonyl (C=O) groups is 3. The van der Waals surface area contributed by atoms with Crippen LogP contribution in [0, 0.1) is 6.92 Å². The summed E-state index contributed by atoms with van der Waals surface area (Å²) < 4.78 is 11.1. The molecule has 1 unspecified atom stereocenters. The highest BCUT2D eigenvalue weighted by molar-refractivity contribution is 6.31. The smallest absolute Gasteiger partial charge is 0.338 e. The Morgan fingerprint density at radius 1 is 1.03 bits per heavy atom. The Morgan fingerprint density at radius 3 is 2.53 bits per heavy atom. The van der Waals surface area contributed by atoms with Gasteiger partial charge in [-0.15, -0.1) is 0 Å². The summed E-state index contributed by atoms with van der Waals surface area (Å²) in [6.45, 7) is 5.37. The molecule has 0 saturated carbocycles. The summed E-state index contributed by atoms with van der Waals surface area (Å²) in [6.07, 6.45) is -0.326. The molecule has 1 amide bonds. The van der Waals surface area contributed by atoms with Gasteiger partial charge in [-0.05, 0) is 68.8 Å². The summed E-state index contributed by atoms with van der Waals surface area (Å²) in [7, 11) is 0. The number of nitrogens with zero attached hydrogens (tertiary/aromatic N) is 1. The Balaban J connectivity index is 1.63. The first-order valence-electron chi connectivity index (χ1n) is 12.0. The van der Waals surface area contributed by atoms with Gasteiger partial charge < -0.3 is 14.3 Å². The van der Waals surface area contributed by atoms with Crippen molar-refractivity contribution in [2.45, 2.75) is 32.9 Å². The van der Waals surface area contributed by atoms with E-state index in [0.29, 0.717) is 27.2 Å². The van der Waals surface area contributed by atoms with Gasteiger partial charge in [0.1, 0.15) is 5.58 Å². The van der Waals surface area contributed by atoms with Crippen LogP contribution >= 0.6 is 11.6 Å². The van der Waals surface area contributed by atoms with Crippen LogP contribution in [0.5, 0.6) is 0 Å². The molecule has 4 aromatic rings. The van der Waals surface area contributed by atoms with Gasteiger partial charge in [-0.25, -0.2) is 4.79 Å². The van der Waals surface area contributed by atoms with Crippen molar-refractivity contribution in [2.24, 2.45) is 0 Å². The van der Waals surface area contributed by atoms with Crippen LogP contribution in [-0.2, 0) is 9.53 Å². The second-order valence-corrected chi connectivity index (χ2v) is 9.82. The molecular weight excluding hydrogens is 506 g/mol. The van der Waals surface area contributed by atoms with Gasteiger partial charge in [0, 0.05) is 16.1 Å². The molecule has 7 nitrogen and oxygen atoms in total. The van der Waals surface area contributed by atoms with E-state index in [1.54, 1.807) is 56.3 Å². The maximum absolute atomic E-state index is 13.8. The van der Waals surface area contributed by atoms with E-state index in [-0.39, 0.29) is 23.0 Å². The number of rotatable bonds is 6. The lowest BCUT2D eigenvalue weighted by atomic mass is 9.93. The fourth-order valence-corrected chi connectivity index (χ4v) is 4.76. The minimum absolute atomic E-state index is 0.0367.